The highest BCUT2D eigenvalue weighted by Crippen LogP contribution is 2.24. The van der Waals surface area contributed by atoms with E-state index in [9.17, 15) is 4.79 Å². The van der Waals surface area contributed by atoms with Crippen LogP contribution in [0.15, 0.2) is 53.6 Å². The lowest BCUT2D eigenvalue weighted by atomic mass is 10.1. The van der Waals surface area contributed by atoms with Crippen molar-refractivity contribution < 1.29 is 0 Å². The molecule has 1 aromatic carbocycles. The molecule has 6 nitrogen and oxygen atoms in total. The maximum absolute atomic E-state index is 12.6. The molecule has 3 heterocycles. The fourth-order valence-electron chi connectivity index (χ4n) is 3.12. The number of hydrogen-bond donors (Lipinski definition) is 1. The average molecular weight is 368 g/mol. The zero-order chi connectivity index (χ0) is 18.3. The molecule has 3 aromatic heterocycles. The molecular formula is C19H18ClN5O. The summed E-state index contributed by atoms with van der Waals surface area (Å²) in [6, 6.07) is 11.5. The number of nitrogens with zero attached hydrogens (tertiary/aromatic N) is 4. The van der Waals surface area contributed by atoms with Crippen LogP contribution in [0.3, 0.4) is 0 Å². The van der Waals surface area contributed by atoms with E-state index in [4.69, 9.17) is 16.6 Å². The van der Waals surface area contributed by atoms with Crippen LogP contribution >= 0.6 is 11.6 Å². The van der Waals surface area contributed by atoms with Crippen molar-refractivity contribution in [3.8, 4) is 11.3 Å². The lowest BCUT2D eigenvalue weighted by Crippen LogP contribution is -2.18. The summed E-state index contributed by atoms with van der Waals surface area (Å²) < 4.78 is 3.26. The van der Waals surface area contributed by atoms with Crippen LogP contribution in [0.1, 0.15) is 24.1 Å². The van der Waals surface area contributed by atoms with Crippen molar-refractivity contribution in [1.82, 2.24) is 24.4 Å². The SMILES string of the molecule is Cc1c(-c2ccccc2)[nH]n2c(=O)cc(C(C)Cn3cc(Cl)cn3)nc12. The number of aryl methyl sites for hydroxylation is 1. The fraction of sp³-hybridized carbons (Fsp3) is 0.211. The first-order chi connectivity index (χ1) is 12.5. The van der Waals surface area contributed by atoms with Crippen LogP contribution in [-0.4, -0.2) is 24.4 Å². The van der Waals surface area contributed by atoms with Crippen LogP contribution in [0, 0.1) is 6.92 Å². The van der Waals surface area contributed by atoms with Crippen LogP contribution in [0.25, 0.3) is 16.9 Å². The van der Waals surface area contributed by atoms with Gasteiger partial charge in [0.2, 0.25) is 0 Å². The third kappa shape index (κ3) is 2.93. The Balaban J connectivity index is 1.76. The topological polar surface area (TPSA) is 68.0 Å². The van der Waals surface area contributed by atoms with Gasteiger partial charge in [0, 0.05) is 30.3 Å². The third-order valence-corrected chi connectivity index (χ3v) is 4.70. The molecule has 132 valence electrons. The number of fused-ring (bicyclic) bond motifs is 1. The van der Waals surface area contributed by atoms with E-state index in [0.717, 1.165) is 22.5 Å². The summed E-state index contributed by atoms with van der Waals surface area (Å²) in [6.45, 7) is 4.60. The Bertz CT molecular complexity index is 1130. The molecule has 0 aliphatic heterocycles. The Kier molecular flexibility index (Phi) is 4.12. The predicted octanol–water partition coefficient (Wildman–Crippen LogP) is 3.65. The van der Waals surface area contributed by atoms with Gasteiger partial charge in [-0.05, 0) is 12.5 Å². The summed E-state index contributed by atoms with van der Waals surface area (Å²) >= 11 is 5.92. The molecule has 0 bridgehead atoms. The average Bonchev–Trinajstić information content (AvgIpc) is 3.19. The minimum Gasteiger partial charge on any atom is -0.289 e. The molecule has 4 rings (SSSR count). The van der Waals surface area contributed by atoms with E-state index < -0.39 is 0 Å². The number of hydrogen-bond acceptors (Lipinski definition) is 3. The lowest BCUT2D eigenvalue weighted by molar-refractivity contribution is 0.534. The first-order valence-corrected chi connectivity index (χ1v) is 8.76. The van der Waals surface area contributed by atoms with Crippen LogP contribution in [0.5, 0.6) is 0 Å². The van der Waals surface area contributed by atoms with Crippen molar-refractivity contribution in [2.45, 2.75) is 26.3 Å². The number of nitrogens with one attached hydrogen (secondary N) is 1. The van der Waals surface area contributed by atoms with E-state index in [1.807, 2.05) is 44.2 Å². The minimum absolute atomic E-state index is 0.0261. The molecule has 0 aliphatic carbocycles. The molecule has 1 unspecified atom stereocenters. The van der Waals surface area contributed by atoms with Crippen LogP contribution in [-0.2, 0) is 6.54 Å². The molecule has 4 aromatic rings. The van der Waals surface area contributed by atoms with Gasteiger partial charge in [-0.2, -0.15) is 5.10 Å². The summed E-state index contributed by atoms with van der Waals surface area (Å²) in [7, 11) is 0. The molecule has 7 heteroatoms. The van der Waals surface area contributed by atoms with Crippen molar-refractivity contribution in [2.24, 2.45) is 0 Å². The third-order valence-electron chi connectivity index (χ3n) is 4.50. The highest BCUT2D eigenvalue weighted by molar-refractivity contribution is 6.30. The number of benzene rings is 1. The quantitative estimate of drug-likeness (QED) is 0.598. The first-order valence-electron chi connectivity index (χ1n) is 8.38. The van der Waals surface area contributed by atoms with Gasteiger partial charge in [-0.25, -0.2) is 9.50 Å². The Morgan fingerprint density at radius 1 is 1.27 bits per heavy atom. The van der Waals surface area contributed by atoms with E-state index in [0.29, 0.717) is 17.2 Å². The van der Waals surface area contributed by atoms with Crippen molar-refractivity contribution in [3.05, 3.63) is 75.4 Å². The van der Waals surface area contributed by atoms with Gasteiger partial charge < -0.3 is 0 Å². The molecule has 1 atom stereocenters. The normalized spacial score (nSPS) is 12.6. The van der Waals surface area contributed by atoms with Crippen LogP contribution < -0.4 is 5.56 Å². The summed E-state index contributed by atoms with van der Waals surface area (Å²) in [5, 5.41) is 7.96. The van der Waals surface area contributed by atoms with Crippen molar-refractivity contribution in [3.63, 3.8) is 0 Å². The standard InChI is InChI=1S/C19H18ClN5O/c1-12(10-24-11-15(20)9-21-24)16-8-17(26)25-19(22-16)13(2)18(23-25)14-6-4-3-5-7-14/h3-9,11-12,23H,10H2,1-2H3. The van der Waals surface area contributed by atoms with E-state index >= 15 is 0 Å². The Morgan fingerprint density at radius 2 is 2.04 bits per heavy atom. The van der Waals surface area contributed by atoms with E-state index in [1.54, 1.807) is 23.1 Å². The van der Waals surface area contributed by atoms with E-state index in [1.165, 1.54) is 4.52 Å². The monoisotopic (exact) mass is 367 g/mol. The molecule has 0 amide bonds. The molecule has 0 aliphatic rings. The van der Waals surface area contributed by atoms with Gasteiger partial charge in [-0.15, -0.1) is 0 Å². The first kappa shape index (κ1) is 16.6. The summed E-state index contributed by atoms with van der Waals surface area (Å²) in [5.41, 5.74) is 4.14. The van der Waals surface area contributed by atoms with Crippen LogP contribution in [0.4, 0.5) is 0 Å². The Morgan fingerprint density at radius 3 is 2.73 bits per heavy atom. The summed E-state index contributed by atoms with van der Waals surface area (Å²) in [4.78, 5) is 17.3. The number of aromatic nitrogens is 5. The van der Waals surface area contributed by atoms with Crippen molar-refractivity contribution >= 4 is 17.2 Å². The summed E-state index contributed by atoms with van der Waals surface area (Å²) in [6.07, 6.45) is 3.36. The van der Waals surface area contributed by atoms with Crippen molar-refractivity contribution in [2.75, 3.05) is 0 Å². The zero-order valence-corrected chi connectivity index (χ0v) is 15.2. The maximum Gasteiger partial charge on any atom is 0.272 e. The van der Waals surface area contributed by atoms with Gasteiger partial charge in [0.1, 0.15) is 0 Å². The lowest BCUT2D eigenvalue weighted by Gasteiger charge is -2.11. The van der Waals surface area contributed by atoms with Gasteiger partial charge in [0.15, 0.2) is 5.65 Å². The molecule has 26 heavy (non-hydrogen) atoms. The Hall–Kier alpha value is -2.86. The minimum atomic E-state index is -0.124. The second-order valence-electron chi connectivity index (χ2n) is 6.44. The zero-order valence-electron chi connectivity index (χ0n) is 14.5. The smallest absolute Gasteiger partial charge is 0.272 e. The number of aromatic amines is 1. The second kappa shape index (κ2) is 6.46. The number of halogens is 1. The molecule has 0 saturated carbocycles. The molecular weight excluding hydrogens is 350 g/mol. The summed E-state index contributed by atoms with van der Waals surface area (Å²) in [5.74, 6) is 0.0261. The number of rotatable bonds is 4. The van der Waals surface area contributed by atoms with Gasteiger partial charge in [0.05, 0.1) is 22.6 Å². The maximum atomic E-state index is 12.6. The highest BCUT2D eigenvalue weighted by Gasteiger charge is 2.16. The van der Waals surface area contributed by atoms with Gasteiger partial charge in [-0.3, -0.25) is 14.6 Å². The van der Waals surface area contributed by atoms with Gasteiger partial charge in [0.25, 0.3) is 5.56 Å². The Labute approximate surface area is 155 Å². The molecule has 0 saturated heterocycles. The largest absolute Gasteiger partial charge is 0.289 e. The highest BCUT2D eigenvalue weighted by atomic mass is 35.5. The van der Waals surface area contributed by atoms with Crippen molar-refractivity contribution in [1.29, 1.82) is 0 Å². The molecule has 0 fully saturated rings. The predicted molar refractivity (Wildman–Crippen MR) is 102 cm³/mol. The van der Waals surface area contributed by atoms with Gasteiger partial charge >= 0.3 is 0 Å². The second-order valence-corrected chi connectivity index (χ2v) is 6.87. The van der Waals surface area contributed by atoms with E-state index in [2.05, 4.69) is 10.2 Å². The number of H-pyrrole nitrogens is 1. The van der Waals surface area contributed by atoms with E-state index in [-0.39, 0.29) is 11.5 Å². The fourth-order valence-corrected chi connectivity index (χ4v) is 3.27. The van der Waals surface area contributed by atoms with Gasteiger partial charge in [-0.1, -0.05) is 48.9 Å². The molecule has 0 radical (unpaired) electrons. The molecule has 1 N–H and O–H groups in total. The molecule has 0 spiro atoms. The van der Waals surface area contributed by atoms with Crippen LogP contribution in [0.2, 0.25) is 5.02 Å².